The Kier molecular flexibility index (Phi) is 5.33. The van der Waals surface area contributed by atoms with Crippen molar-refractivity contribution in [1.82, 2.24) is 5.16 Å². The third-order valence-electron chi connectivity index (χ3n) is 4.54. The van der Waals surface area contributed by atoms with Gasteiger partial charge in [-0.15, -0.1) is 11.3 Å². The van der Waals surface area contributed by atoms with Crippen molar-refractivity contribution in [2.45, 2.75) is 31.8 Å². The number of nitrogens with one attached hydrogen (secondary N) is 2. The van der Waals surface area contributed by atoms with E-state index in [0.717, 1.165) is 11.3 Å². The van der Waals surface area contributed by atoms with E-state index in [4.69, 9.17) is 25.6 Å². The first-order valence-electron chi connectivity index (χ1n) is 8.90. The maximum absolute atomic E-state index is 13.0. The smallest absolute Gasteiger partial charge is 0.403 e. The topological polar surface area (TPSA) is 160 Å². The molecule has 0 atom stereocenters. The van der Waals surface area contributed by atoms with Gasteiger partial charge in [0.05, 0.1) is 5.69 Å². The molecule has 0 spiro atoms. The second-order valence-corrected chi connectivity index (χ2v) is 9.80. The van der Waals surface area contributed by atoms with Crippen LogP contribution < -0.4 is 19.5 Å². The molecule has 1 aliphatic heterocycles. The zero-order valence-corrected chi connectivity index (χ0v) is 19.1. The number of carbonyl (C=O) groups excluding carboxylic acids is 1. The number of halogens is 1. The Morgan fingerprint density at radius 3 is 2.62 bits per heavy atom. The van der Waals surface area contributed by atoms with Crippen LogP contribution in [-0.4, -0.2) is 35.9 Å². The second-order valence-electron chi connectivity index (χ2n) is 6.86. The van der Waals surface area contributed by atoms with Gasteiger partial charge in [-0.3, -0.25) is 15.0 Å². The number of thiophene rings is 1. The number of fused-ring (bicyclic) bond motifs is 1. The van der Waals surface area contributed by atoms with Gasteiger partial charge in [-0.05, 0) is 43.8 Å². The van der Waals surface area contributed by atoms with Crippen molar-refractivity contribution in [2.24, 2.45) is 0 Å². The van der Waals surface area contributed by atoms with Gasteiger partial charge in [-0.25, -0.2) is 13.1 Å². The highest BCUT2D eigenvalue weighted by Crippen LogP contribution is 2.45. The van der Waals surface area contributed by atoms with Crippen LogP contribution in [0.25, 0.3) is 0 Å². The van der Waals surface area contributed by atoms with E-state index in [1.165, 1.54) is 17.5 Å². The lowest BCUT2D eigenvalue weighted by atomic mass is 10.1. The van der Waals surface area contributed by atoms with Gasteiger partial charge in [0.2, 0.25) is 0 Å². The predicted octanol–water partition coefficient (Wildman–Crippen LogP) is 2.73. The van der Waals surface area contributed by atoms with E-state index in [0.29, 0.717) is 22.5 Å². The maximum atomic E-state index is 13.0. The number of anilines is 2. The summed E-state index contributed by atoms with van der Waals surface area (Å²) >= 11 is 6.88. The van der Waals surface area contributed by atoms with Crippen LogP contribution in [0.5, 0.6) is 11.5 Å². The highest BCUT2D eigenvalue weighted by molar-refractivity contribution is 7.93. The van der Waals surface area contributed by atoms with E-state index in [1.807, 2.05) is 0 Å². The number of sulfonamides is 1. The molecule has 32 heavy (non-hydrogen) atoms. The first-order chi connectivity index (χ1) is 14.9. The summed E-state index contributed by atoms with van der Waals surface area (Å²) in [6.45, 7) is 4.78. The fourth-order valence-corrected chi connectivity index (χ4v) is 5.56. The third kappa shape index (κ3) is 3.89. The number of benzene rings is 1. The average molecular weight is 502 g/mol. The number of aryl methyl sites for hydroxylation is 2. The zero-order valence-electron chi connectivity index (χ0n) is 16.7. The van der Waals surface area contributed by atoms with Crippen LogP contribution in [0, 0.1) is 20.8 Å². The highest BCUT2D eigenvalue weighted by atomic mass is 35.5. The average Bonchev–Trinajstić information content (AvgIpc) is 3.39. The quantitative estimate of drug-likeness (QED) is 0.385. The Morgan fingerprint density at radius 2 is 1.97 bits per heavy atom. The van der Waals surface area contributed by atoms with Crippen molar-refractivity contribution < 1.29 is 37.4 Å². The molecule has 0 radical (unpaired) electrons. The Labute approximate surface area is 190 Å². The minimum atomic E-state index is -4.22. The van der Waals surface area contributed by atoms with Crippen LogP contribution in [0.15, 0.2) is 26.9 Å². The molecule has 0 bridgehead atoms. The van der Waals surface area contributed by atoms with Gasteiger partial charge in [-0.1, -0.05) is 16.8 Å². The van der Waals surface area contributed by atoms with E-state index >= 15 is 0 Å². The summed E-state index contributed by atoms with van der Waals surface area (Å²) in [6.07, 6.45) is -2.82. The van der Waals surface area contributed by atoms with Gasteiger partial charge in [0.25, 0.3) is 21.8 Å². The van der Waals surface area contributed by atoms with E-state index < -0.39 is 22.1 Å². The molecule has 0 saturated heterocycles. The van der Waals surface area contributed by atoms with Crippen molar-refractivity contribution in [1.29, 1.82) is 0 Å². The molecular weight excluding hydrogens is 486 g/mol. The monoisotopic (exact) mass is 501 g/mol. The normalized spacial score (nSPS) is 14.4. The summed E-state index contributed by atoms with van der Waals surface area (Å²) in [6, 6.07) is 2.72. The maximum Gasteiger partial charge on any atom is 0.505 e. The molecule has 0 unspecified atom stereocenters. The fourth-order valence-electron chi connectivity index (χ4n) is 3.06. The lowest BCUT2D eigenvalue weighted by molar-refractivity contribution is -0.385. The SMILES string of the molecule is Cc1cc2c(c(C)c1NC(=O)c1sccc1S(=O)(=O)Nc1onc(C)c1Cl)OC(O)(O)O2. The first-order valence-corrected chi connectivity index (χ1v) is 11.6. The molecule has 1 aliphatic rings. The zero-order chi connectivity index (χ0) is 23.4. The standard InChI is InChI=1S/C18H16ClN3O8S2/c1-7-6-10-14(29-18(24,25)28-10)8(2)13(7)20-16(23)15-11(4-5-31-15)32(26,27)22-17-12(19)9(3)21-30-17/h4-6,22,24-25H,1-3H3,(H,20,23). The number of carbonyl (C=O) groups is 1. The largest absolute Gasteiger partial charge is 0.505 e. The van der Waals surface area contributed by atoms with Crippen molar-refractivity contribution in [2.75, 3.05) is 10.0 Å². The third-order valence-corrected chi connectivity index (χ3v) is 7.40. The van der Waals surface area contributed by atoms with E-state index in [-0.39, 0.29) is 32.2 Å². The Bertz CT molecular complexity index is 1350. The molecule has 4 N–H and O–H groups in total. The lowest BCUT2D eigenvalue weighted by Gasteiger charge is -2.14. The predicted molar refractivity (Wildman–Crippen MR) is 114 cm³/mol. The molecule has 0 aliphatic carbocycles. The second kappa shape index (κ2) is 7.64. The Morgan fingerprint density at radius 1 is 1.25 bits per heavy atom. The summed E-state index contributed by atoms with van der Waals surface area (Å²) in [5.74, 6) is -0.844. The molecule has 0 saturated carbocycles. The number of aromatic nitrogens is 1. The van der Waals surface area contributed by atoms with Crippen LogP contribution in [0.3, 0.4) is 0 Å². The highest BCUT2D eigenvalue weighted by Gasteiger charge is 2.40. The van der Waals surface area contributed by atoms with E-state index in [9.17, 15) is 23.4 Å². The number of amides is 1. The van der Waals surface area contributed by atoms with E-state index in [1.54, 1.807) is 20.8 Å². The molecular formula is C18H16ClN3O8S2. The van der Waals surface area contributed by atoms with Crippen molar-refractivity contribution in [3.8, 4) is 11.5 Å². The van der Waals surface area contributed by atoms with Gasteiger partial charge >= 0.3 is 6.16 Å². The van der Waals surface area contributed by atoms with Gasteiger partial charge in [0.15, 0.2) is 11.5 Å². The number of ether oxygens (including phenoxy) is 2. The first kappa shape index (κ1) is 22.4. The molecule has 1 aromatic carbocycles. The number of aliphatic hydroxyl groups is 2. The molecule has 4 rings (SSSR count). The number of rotatable bonds is 5. The number of hydrogen-bond acceptors (Lipinski definition) is 10. The van der Waals surface area contributed by atoms with Crippen LogP contribution in [0.1, 0.15) is 26.5 Å². The summed E-state index contributed by atoms with van der Waals surface area (Å²) in [7, 11) is -4.22. The van der Waals surface area contributed by atoms with Gasteiger partial charge < -0.3 is 19.3 Å². The molecule has 0 fully saturated rings. The number of nitrogens with zero attached hydrogens (tertiary/aromatic N) is 1. The molecule has 3 aromatic rings. The van der Waals surface area contributed by atoms with Gasteiger partial charge in [0.1, 0.15) is 20.5 Å². The summed E-state index contributed by atoms with van der Waals surface area (Å²) in [5.41, 5.74) is 1.49. The van der Waals surface area contributed by atoms with Gasteiger partial charge in [0, 0.05) is 5.56 Å². The van der Waals surface area contributed by atoms with Crippen LogP contribution >= 0.6 is 22.9 Å². The number of hydrogen-bond donors (Lipinski definition) is 4. The van der Waals surface area contributed by atoms with E-state index in [2.05, 4.69) is 15.2 Å². The fraction of sp³-hybridized carbons (Fsp3) is 0.222. The lowest BCUT2D eigenvalue weighted by Crippen LogP contribution is -2.37. The van der Waals surface area contributed by atoms with Crippen molar-refractivity contribution >= 4 is 50.4 Å². The summed E-state index contributed by atoms with van der Waals surface area (Å²) in [4.78, 5) is 12.6. The van der Waals surface area contributed by atoms with Crippen molar-refractivity contribution in [3.05, 3.63) is 44.2 Å². The van der Waals surface area contributed by atoms with Crippen LogP contribution in [0.2, 0.25) is 5.02 Å². The molecule has 11 nitrogen and oxygen atoms in total. The minimum absolute atomic E-state index is 0.00487. The van der Waals surface area contributed by atoms with Crippen LogP contribution in [0.4, 0.5) is 11.6 Å². The summed E-state index contributed by atoms with van der Waals surface area (Å²) < 4.78 is 42.6. The summed E-state index contributed by atoms with van der Waals surface area (Å²) in [5, 5.41) is 26.8. The van der Waals surface area contributed by atoms with Crippen molar-refractivity contribution in [3.63, 3.8) is 0 Å². The Balaban J connectivity index is 1.63. The molecule has 2 aromatic heterocycles. The molecule has 170 valence electrons. The molecule has 14 heteroatoms. The minimum Gasteiger partial charge on any atom is -0.403 e. The molecule has 1 amide bonds. The van der Waals surface area contributed by atoms with Gasteiger partial charge in [-0.2, -0.15) is 0 Å². The molecule has 3 heterocycles. The Hall–Kier alpha value is -2.84. The van der Waals surface area contributed by atoms with Crippen LogP contribution in [-0.2, 0) is 10.0 Å².